The SMILES string of the molecule is Cn1nc(/C=C\c2ccc([N+](=O)[O-])cc2)c(Cl)c1Cl. The van der Waals surface area contributed by atoms with Gasteiger partial charge >= 0.3 is 0 Å². The average molecular weight is 298 g/mol. The van der Waals surface area contributed by atoms with Crippen molar-refractivity contribution in [2.75, 3.05) is 0 Å². The van der Waals surface area contributed by atoms with Crippen molar-refractivity contribution >= 4 is 41.0 Å². The van der Waals surface area contributed by atoms with Crippen LogP contribution in [0.2, 0.25) is 10.2 Å². The molecule has 5 nitrogen and oxygen atoms in total. The van der Waals surface area contributed by atoms with Gasteiger partial charge in [0.15, 0.2) is 0 Å². The maximum atomic E-state index is 10.5. The molecular formula is C12H9Cl2N3O2. The number of halogens is 2. The number of nitro groups is 1. The highest BCUT2D eigenvalue weighted by Gasteiger charge is 2.09. The van der Waals surface area contributed by atoms with Crippen molar-refractivity contribution in [1.29, 1.82) is 0 Å². The summed E-state index contributed by atoms with van der Waals surface area (Å²) in [6.45, 7) is 0. The van der Waals surface area contributed by atoms with Crippen LogP contribution in [-0.4, -0.2) is 14.7 Å². The quantitative estimate of drug-likeness (QED) is 0.639. The number of hydrogen-bond acceptors (Lipinski definition) is 3. The maximum Gasteiger partial charge on any atom is 0.269 e. The number of benzene rings is 1. The molecule has 19 heavy (non-hydrogen) atoms. The van der Waals surface area contributed by atoms with E-state index >= 15 is 0 Å². The second-order valence-corrected chi connectivity index (χ2v) is 4.53. The Morgan fingerprint density at radius 1 is 1.26 bits per heavy atom. The molecule has 0 saturated carbocycles. The molecule has 0 aliphatic carbocycles. The lowest BCUT2D eigenvalue weighted by molar-refractivity contribution is -0.384. The summed E-state index contributed by atoms with van der Waals surface area (Å²) in [6.07, 6.45) is 3.46. The fourth-order valence-corrected chi connectivity index (χ4v) is 1.84. The van der Waals surface area contributed by atoms with Crippen LogP contribution in [0.1, 0.15) is 11.3 Å². The molecule has 0 aliphatic rings. The fourth-order valence-electron chi connectivity index (χ4n) is 1.49. The van der Waals surface area contributed by atoms with Crippen LogP contribution in [0, 0.1) is 10.1 Å². The minimum Gasteiger partial charge on any atom is -0.258 e. The molecule has 98 valence electrons. The first kappa shape index (κ1) is 13.6. The third kappa shape index (κ3) is 2.94. The highest BCUT2D eigenvalue weighted by molar-refractivity contribution is 6.42. The highest BCUT2D eigenvalue weighted by Crippen LogP contribution is 2.26. The van der Waals surface area contributed by atoms with E-state index in [1.54, 1.807) is 31.3 Å². The van der Waals surface area contributed by atoms with Crippen molar-refractivity contribution in [3.63, 3.8) is 0 Å². The van der Waals surface area contributed by atoms with E-state index in [-0.39, 0.29) is 5.69 Å². The van der Waals surface area contributed by atoms with E-state index in [0.717, 1.165) is 5.56 Å². The minimum absolute atomic E-state index is 0.0519. The number of nitrogens with zero attached hydrogens (tertiary/aromatic N) is 3. The van der Waals surface area contributed by atoms with E-state index in [1.165, 1.54) is 16.8 Å². The van der Waals surface area contributed by atoms with Gasteiger partial charge in [0.25, 0.3) is 5.69 Å². The lowest BCUT2D eigenvalue weighted by Gasteiger charge is -1.93. The van der Waals surface area contributed by atoms with E-state index in [0.29, 0.717) is 15.9 Å². The second-order valence-electron chi connectivity index (χ2n) is 3.80. The third-order valence-corrected chi connectivity index (χ3v) is 3.39. The van der Waals surface area contributed by atoms with Crippen LogP contribution in [0.25, 0.3) is 12.2 Å². The van der Waals surface area contributed by atoms with Crippen molar-refractivity contribution in [3.05, 3.63) is 55.8 Å². The molecule has 1 heterocycles. The van der Waals surface area contributed by atoms with Gasteiger partial charge in [-0.25, -0.2) is 0 Å². The topological polar surface area (TPSA) is 61.0 Å². The van der Waals surface area contributed by atoms with Crippen molar-refractivity contribution in [3.8, 4) is 0 Å². The van der Waals surface area contributed by atoms with E-state index in [2.05, 4.69) is 5.10 Å². The summed E-state index contributed by atoms with van der Waals surface area (Å²) < 4.78 is 1.47. The van der Waals surface area contributed by atoms with Gasteiger partial charge in [-0.15, -0.1) is 0 Å². The third-order valence-electron chi connectivity index (χ3n) is 2.49. The van der Waals surface area contributed by atoms with Gasteiger partial charge in [0.2, 0.25) is 0 Å². The van der Waals surface area contributed by atoms with Gasteiger partial charge in [-0.1, -0.05) is 29.3 Å². The van der Waals surface area contributed by atoms with Gasteiger partial charge in [0.1, 0.15) is 15.9 Å². The number of hydrogen-bond donors (Lipinski definition) is 0. The second kappa shape index (κ2) is 5.42. The minimum atomic E-state index is -0.442. The normalized spacial score (nSPS) is 11.1. The van der Waals surface area contributed by atoms with Gasteiger partial charge in [0.05, 0.1) is 4.92 Å². The van der Waals surface area contributed by atoms with Gasteiger partial charge in [0, 0.05) is 19.2 Å². The lowest BCUT2D eigenvalue weighted by atomic mass is 10.2. The molecule has 0 N–H and O–H groups in total. The van der Waals surface area contributed by atoms with Crippen LogP contribution in [0.5, 0.6) is 0 Å². The first-order valence-electron chi connectivity index (χ1n) is 5.29. The summed E-state index contributed by atoms with van der Waals surface area (Å²) >= 11 is 11.9. The van der Waals surface area contributed by atoms with Gasteiger partial charge < -0.3 is 0 Å². The lowest BCUT2D eigenvalue weighted by Crippen LogP contribution is -1.89. The highest BCUT2D eigenvalue weighted by atomic mass is 35.5. The number of rotatable bonds is 3. The summed E-state index contributed by atoms with van der Waals surface area (Å²) in [7, 11) is 1.69. The average Bonchev–Trinajstić information content (AvgIpc) is 2.64. The molecule has 0 radical (unpaired) electrons. The van der Waals surface area contributed by atoms with E-state index in [9.17, 15) is 10.1 Å². The van der Waals surface area contributed by atoms with Crippen molar-refractivity contribution in [1.82, 2.24) is 9.78 Å². The predicted molar refractivity (Wildman–Crippen MR) is 75.3 cm³/mol. The smallest absolute Gasteiger partial charge is 0.258 e. The molecule has 1 aromatic heterocycles. The Hall–Kier alpha value is -1.85. The van der Waals surface area contributed by atoms with Crippen LogP contribution < -0.4 is 0 Å². The van der Waals surface area contributed by atoms with Crippen molar-refractivity contribution in [2.45, 2.75) is 0 Å². The summed E-state index contributed by atoms with van der Waals surface area (Å²) in [4.78, 5) is 10.1. The van der Waals surface area contributed by atoms with E-state index in [4.69, 9.17) is 23.2 Å². The van der Waals surface area contributed by atoms with Crippen LogP contribution in [-0.2, 0) is 7.05 Å². The Morgan fingerprint density at radius 3 is 2.37 bits per heavy atom. The largest absolute Gasteiger partial charge is 0.269 e. The summed E-state index contributed by atoms with van der Waals surface area (Å²) in [5.74, 6) is 0. The zero-order valence-electron chi connectivity index (χ0n) is 9.88. The van der Waals surface area contributed by atoms with Crippen LogP contribution in [0.4, 0.5) is 5.69 Å². The molecule has 0 fully saturated rings. The summed E-state index contributed by atoms with van der Waals surface area (Å²) in [6, 6.07) is 6.17. The molecule has 1 aromatic carbocycles. The molecular weight excluding hydrogens is 289 g/mol. The maximum absolute atomic E-state index is 10.5. The molecule has 0 amide bonds. The Bertz CT molecular complexity index is 648. The van der Waals surface area contributed by atoms with Crippen LogP contribution in [0.3, 0.4) is 0 Å². The molecule has 0 saturated heterocycles. The molecule has 0 unspecified atom stereocenters. The van der Waals surface area contributed by atoms with Crippen LogP contribution in [0.15, 0.2) is 24.3 Å². The molecule has 2 aromatic rings. The molecule has 2 rings (SSSR count). The molecule has 0 atom stereocenters. The number of aryl methyl sites for hydroxylation is 1. The van der Waals surface area contributed by atoms with E-state index < -0.39 is 4.92 Å². The predicted octanol–water partition coefficient (Wildman–Crippen LogP) is 3.81. The van der Waals surface area contributed by atoms with Gasteiger partial charge in [-0.2, -0.15) is 5.10 Å². The summed E-state index contributed by atoms with van der Waals surface area (Å²) in [5.41, 5.74) is 1.41. The van der Waals surface area contributed by atoms with Gasteiger partial charge in [-0.3, -0.25) is 14.8 Å². The Kier molecular flexibility index (Phi) is 3.87. The Morgan fingerprint density at radius 2 is 1.89 bits per heavy atom. The van der Waals surface area contributed by atoms with Crippen LogP contribution >= 0.6 is 23.2 Å². The zero-order valence-corrected chi connectivity index (χ0v) is 11.4. The molecule has 0 bridgehead atoms. The number of nitro benzene ring substituents is 1. The first-order valence-corrected chi connectivity index (χ1v) is 6.05. The molecule has 0 aliphatic heterocycles. The van der Waals surface area contributed by atoms with Crippen molar-refractivity contribution < 1.29 is 4.92 Å². The first-order chi connectivity index (χ1) is 8.99. The van der Waals surface area contributed by atoms with Gasteiger partial charge in [-0.05, 0) is 23.8 Å². The number of aromatic nitrogens is 2. The zero-order chi connectivity index (χ0) is 14.0. The van der Waals surface area contributed by atoms with E-state index in [1.807, 2.05) is 0 Å². The standard InChI is InChI=1S/C12H9Cl2N3O2/c1-16-12(14)11(13)10(15-16)7-4-8-2-5-9(6-3-8)17(18)19/h2-7H,1H3/b7-4-. The molecule has 7 heteroatoms. The fraction of sp³-hybridized carbons (Fsp3) is 0.0833. The number of non-ortho nitro benzene ring substituents is 1. The Balaban J connectivity index is 2.22. The molecule has 0 spiro atoms. The van der Waals surface area contributed by atoms with Crippen molar-refractivity contribution in [2.24, 2.45) is 7.05 Å². The Labute approximate surface area is 119 Å². The summed E-state index contributed by atoms with van der Waals surface area (Å²) in [5, 5.41) is 15.4. The monoisotopic (exact) mass is 297 g/mol.